The van der Waals surface area contributed by atoms with E-state index in [9.17, 15) is 4.79 Å². The molecule has 458 valence electrons. The molecule has 1 N–H and O–H groups in total. The number of hydrogen-bond donors (Lipinski definition) is 1. The summed E-state index contributed by atoms with van der Waals surface area (Å²) >= 11 is 0. The van der Waals surface area contributed by atoms with E-state index in [0.29, 0.717) is 54.9 Å². The standard InChI is InChI=1S/C76H114N2O5/c1-5-9-13-17-21-25-29-33-37-41-57-80-72-61-70(62-73(65-72)81-58-42-38-34-30-26-22-18-14-10-6-2)76(79)78-71-51-47-66(48-52-71)45-49-68-63-75(83-60-44-40-36-32-28-24-20-16-12-8-4)69(50-46-67-53-55-77-56-54-67)64-74(68)82-59-43-39-35-31-27-23-19-15-11-7-3/h47-48,51-56,61-65H,5-44,57-60H2,1-4H3,(H,78,79). The predicted molar refractivity (Wildman–Crippen MR) is 353 cm³/mol. The minimum absolute atomic E-state index is 0.210. The van der Waals surface area contributed by atoms with Crippen molar-refractivity contribution in [2.75, 3.05) is 31.7 Å². The summed E-state index contributed by atoms with van der Waals surface area (Å²) in [6.07, 6.45) is 54.3. The van der Waals surface area contributed by atoms with Crippen LogP contribution in [0.15, 0.2) is 79.1 Å². The minimum Gasteiger partial charge on any atom is -0.493 e. The number of amides is 1. The molecule has 0 saturated heterocycles. The maximum absolute atomic E-state index is 14.0. The quantitative estimate of drug-likeness (QED) is 0.0351. The number of ether oxygens (including phenoxy) is 4. The van der Waals surface area contributed by atoms with Gasteiger partial charge >= 0.3 is 0 Å². The van der Waals surface area contributed by atoms with Crippen LogP contribution in [0.25, 0.3) is 0 Å². The third kappa shape index (κ3) is 34.8. The molecule has 0 fully saturated rings. The highest BCUT2D eigenvalue weighted by molar-refractivity contribution is 6.04. The zero-order valence-corrected chi connectivity index (χ0v) is 53.1. The second-order valence-corrected chi connectivity index (χ2v) is 23.4. The van der Waals surface area contributed by atoms with E-state index in [-0.39, 0.29) is 5.91 Å². The zero-order valence-electron chi connectivity index (χ0n) is 53.1. The highest BCUT2D eigenvalue weighted by Gasteiger charge is 2.14. The van der Waals surface area contributed by atoms with Crippen molar-refractivity contribution < 1.29 is 23.7 Å². The molecule has 7 heteroatoms. The number of benzene rings is 3. The van der Waals surface area contributed by atoms with Crippen LogP contribution in [-0.2, 0) is 0 Å². The van der Waals surface area contributed by atoms with Crippen LogP contribution in [0.2, 0.25) is 0 Å². The lowest BCUT2D eigenvalue weighted by atomic mass is 10.1. The maximum Gasteiger partial charge on any atom is 0.255 e. The Morgan fingerprint density at radius 1 is 0.349 bits per heavy atom. The van der Waals surface area contributed by atoms with Gasteiger partial charge in [-0.2, -0.15) is 0 Å². The normalized spacial score (nSPS) is 10.9. The van der Waals surface area contributed by atoms with Crippen molar-refractivity contribution in [1.82, 2.24) is 4.98 Å². The second-order valence-electron chi connectivity index (χ2n) is 23.4. The average molecular weight is 1140 g/mol. The van der Waals surface area contributed by atoms with Crippen molar-refractivity contribution in [2.45, 2.75) is 285 Å². The van der Waals surface area contributed by atoms with Crippen LogP contribution in [0.3, 0.4) is 0 Å². The first-order chi connectivity index (χ1) is 41.0. The molecule has 3 aromatic carbocycles. The Hall–Kier alpha value is -5.40. The molecule has 0 aliphatic carbocycles. The van der Waals surface area contributed by atoms with Gasteiger partial charge in [0.15, 0.2) is 0 Å². The fourth-order valence-electron chi connectivity index (χ4n) is 10.5. The molecule has 1 aromatic heterocycles. The van der Waals surface area contributed by atoms with E-state index in [2.05, 4.69) is 61.7 Å². The van der Waals surface area contributed by atoms with Crippen LogP contribution in [0.1, 0.15) is 317 Å². The Labute approximate surface area is 507 Å². The molecule has 4 rings (SSSR count). The molecule has 1 amide bonds. The Morgan fingerprint density at radius 2 is 0.651 bits per heavy atom. The van der Waals surface area contributed by atoms with Crippen LogP contribution in [-0.4, -0.2) is 37.3 Å². The molecule has 4 aromatic rings. The van der Waals surface area contributed by atoms with E-state index in [4.69, 9.17) is 18.9 Å². The Morgan fingerprint density at radius 3 is 0.988 bits per heavy atom. The van der Waals surface area contributed by atoms with Crippen LogP contribution in [0, 0.1) is 23.7 Å². The van der Waals surface area contributed by atoms with E-state index in [1.165, 1.54) is 205 Å². The average Bonchev–Trinajstić information content (AvgIpc) is 3.56. The molecule has 7 nitrogen and oxygen atoms in total. The van der Waals surface area contributed by atoms with E-state index in [0.717, 1.165) is 79.4 Å². The van der Waals surface area contributed by atoms with Crippen LogP contribution in [0.4, 0.5) is 5.69 Å². The molecule has 0 bridgehead atoms. The van der Waals surface area contributed by atoms with Gasteiger partial charge in [-0.05, 0) is 74.2 Å². The summed E-state index contributed by atoms with van der Waals surface area (Å²) in [5, 5.41) is 3.14. The third-order valence-corrected chi connectivity index (χ3v) is 15.8. The fraction of sp³-hybridized carbons (Fsp3) is 0.632. The molecular formula is C76H114N2O5. The highest BCUT2D eigenvalue weighted by Crippen LogP contribution is 2.30. The van der Waals surface area contributed by atoms with Crippen molar-refractivity contribution in [3.63, 3.8) is 0 Å². The molecular weight excluding hydrogens is 1020 g/mol. The van der Waals surface area contributed by atoms with Crippen molar-refractivity contribution in [3.05, 3.63) is 107 Å². The SMILES string of the molecule is CCCCCCCCCCCCOc1cc(OCCCCCCCCCCCC)cc(C(=O)Nc2ccc(C#Cc3cc(OCCCCCCCCCCCC)c(C#Cc4ccncc4)cc3OCCCCCCCCCCCC)cc2)c1. The molecule has 0 aliphatic rings. The molecule has 0 atom stereocenters. The van der Waals surface area contributed by atoms with E-state index >= 15 is 0 Å². The number of anilines is 1. The largest absolute Gasteiger partial charge is 0.493 e. The maximum atomic E-state index is 14.0. The highest BCUT2D eigenvalue weighted by atomic mass is 16.5. The van der Waals surface area contributed by atoms with Gasteiger partial charge in [0.2, 0.25) is 0 Å². The summed E-state index contributed by atoms with van der Waals surface area (Å²) in [6, 6.07) is 21.3. The predicted octanol–water partition coefficient (Wildman–Crippen LogP) is 22.3. The number of nitrogens with one attached hydrogen (secondary N) is 1. The topological polar surface area (TPSA) is 78.9 Å². The number of carbonyl (C=O) groups excluding carboxylic acids is 1. The molecule has 0 aliphatic heterocycles. The third-order valence-electron chi connectivity index (χ3n) is 15.8. The summed E-state index contributed by atoms with van der Waals surface area (Å²) in [6.45, 7) is 11.6. The van der Waals surface area contributed by atoms with Gasteiger partial charge in [-0.1, -0.05) is 283 Å². The molecule has 1 heterocycles. The summed E-state index contributed by atoms with van der Waals surface area (Å²) in [7, 11) is 0. The van der Waals surface area contributed by atoms with Gasteiger partial charge in [-0.25, -0.2) is 0 Å². The van der Waals surface area contributed by atoms with Crippen molar-refractivity contribution in [3.8, 4) is 46.7 Å². The lowest BCUT2D eigenvalue weighted by Crippen LogP contribution is -2.12. The number of rotatable bonds is 50. The number of nitrogens with zero attached hydrogens (tertiary/aromatic N) is 1. The van der Waals surface area contributed by atoms with Gasteiger partial charge in [0.25, 0.3) is 5.91 Å². The van der Waals surface area contributed by atoms with E-state index < -0.39 is 0 Å². The lowest BCUT2D eigenvalue weighted by molar-refractivity contribution is 0.102. The summed E-state index contributed by atoms with van der Waals surface area (Å²) in [5.74, 6) is 16.2. The molecule has 0 unspecified atom stereocenters. The van der Waals surface area contributed by atoms with Crippen molar-refractivity contribution >= 4 is 11.6 Å². The van der Waals surface area contributed by atoms with E-state index in [1.54, 1.807) is 12.4 Å². The second kappa shape index (κ2) is 48.9. The smallest absolute Gasteiger partial charge is 0.255 e. The first-order valence-electron chi connectivity index (χ1n) is 34.2. The lowest BCUT2D eigenvalue weighted by Gasteiger charge is -2.14. The van der Waals surface area contributed by atoms with Crippen molar-refractivity contribution in [2.24, 2.45) is 0 Å². The molecule has 0 radical (unpaired) electrons. The first-order valence-corrected chi connectivity index (χ1v) is 34.2. The molecule has 0 spiro atoms. The van der Waals surface area contributed by atoms with Crippen LogP contribution < -0.4 is 24.3 Å². The van der Waals surface area contributed by atoms with Gasteiger partial charge < -0.3 is 24.3 Å². The number of aromatic nitrogens is 1. The number of carbonyl (C=O) groups is 1. The Bertz CT molecular complexity index is 2310. The van der Waals surface area contributed by atoms with Gasteiger partial charge in [0, 0.05) is 53.0 Å². The monoisotopic (exact) mass is 1130 g/mol. The van der Waals surface area contributed by atoms with Gasteiger partial charge in [-0.3, -0.25) is 9.78 Å². The zero-order chi connectivity index (χ0) is 58.7. The Kier molecular flexibility index (Phi) is 41.3. The Balaban J connectivity index is 1.45. The van der Waals surface area contributed by atoms with Crippen LogP contribution in [0.5, 0.6) is 23.0 Å². The fourth-order valence-corrected chi connectivity index (χ4v) is 10.5. The van der Waals surface area contributed by atoms with Crippen LogP contribution >= 0.6 is 0 Å². The minimum atomic E-state index is -0.210. The molecule has 0 saturated carbocycles. The van der Waals surface area contributed by atoms with E-state index in [1.807, 2.05) is 66.7 Å². The number of unbranched alkanes of at least 4 members (excludes halogenated alkanes) is 36. The summed E-state index contributed by atoms with van der Waals surface area (Å²) < 4.78 is 25.8. The number of pyridine rings is 1. The molecule has 83 heavy (non-hydrogen) atoms. The first kappa shape index (κ1) is 70.1. The summed E-state index contributed by atoms with van der Waals surface area (Å²) in [4.78, 5) is 18.2. The van der Waals surface area contributed by atoms with Crippen molar-refractivity contribution in [1.29, 1.82) is 0 Å². The van der Waals surface area contributed by atoms with Gasteiger partial charge in [0.05, 0.1) is 37.6 Å². The van der Waals surface area contributed by atoms with Gasteiger partial charge in [0.1, 0.15) is 23.0 Å². The number of hydrogen-bond acceptors (Lipinski definition) is 6. The van der Waals surface area contributed by atoms with Gasteiger partial charge in [-0.15, -0.1) is 0 Å². The summed E-state index contributed by atoms with van der Waals surface area (Å²) in [5.41, 5.74) is 4.47.